The normalized spacial score (nSPS) is 11.6. The van der Waals surface area contributed by atoms with E-state index >= 15 is 0 Å². The van der Waals surface area contributed by atoms with Gasteiger partial charge >= 0.3 is 0 Å². The van der Waals surface area contributed by atoms with E-state index in [9.17, 15) is 0 Å². The zero-order chi connectivity index (χ0) is 10.8. The van der Waals surface area contributed by atoms with Gasteiger partial charge in [0.2, 0.25) is 0 Å². The Kier molecular flexibility index (Phi) is 9.42. The van der Waals surface area contributed by atoms with Gasteiger partial charge in [-0.25, -0.2) is 0 Å². The summed E-state index contributed by atoms with van der Waals surface area (Å²) in [5, 5.41) is 0. The number of nitrogens with zero attached hydrogens (tertiary/aromatic N) is 1. The van der Waals surface area contributed by atoms with Crippen molar-refractivity contribution in [2.24, 2.45) is 5.92 Å². The molecule has 0 heterocycles. The summed E-state index contributed by atoms with van der Waals surface area (Å²) < 4.78 is 5.55. The summed E-state index contributed by atoms with van der Waals surface area (Å²) in [6.07, 6.45) is 3.78. The molecule has 0 aliphatic rings. The van der Waals surface area contributed by atoms with Crippen LogP contribution >= 0.6 is 0 Å². The highest BCUT2D eigenvalue weighted by Gasteiger charge is 2.00. The van der Waals surface area contributed by atoms with Crippen LogP contribution in [0.25, 0.3) is 0 Å². The van der Waals surface area contributed by atoms with Gasteiger partial charge in [0, 0.05) is 19.7 Å². The van der Waals surface area contributed by atoms with Crippen LogP contribution in [-0.4, -0.2) is 38.3 Å². The van der Waals surface area contributed by atoms with Gasteiger partial charge in [0.05, 0.1) is 6.61 Å². The smallest absolute Gasteiger partial charge is 0.0593 e. The zero-order valence-corrected chi connectivity index (χ0v) is 10.4. The Labute approximate surface area is 89.6 Å². The summed E-state index contributed by atoms with van der Waals surface area (Å²) in [4.78, 5) is 2.34. The van der Waals surface area contributed by atoms with Gasteiger partial charge in [-0.3, -0.25) is 0 Å². The standard InChI is InChI=1S/C12H27NO/c1-5-6-7-9-14-10-8-13(4)11-12(2)3/h12H,5-11H2,1-4H3. The van der Waals surface area contributed by atoms with Crippen LogP contribution in [0.15, 0.2) is 0 Å². The Morgan fingerprint density at radius 2 is 1.86 bits per heavy atom. The van der Waals surface area contributed by atoms with Crippen LogP contribution in [0.4, 0.5) is 0 Å². The van der Waals surface area contributed by atoms with E-state index in [1.165, 1.54) is 25.8 Å². The first kappa shape index (κ1) is 13.9. The van der Waals surface area contributed by atoms with Gasteiger partial charge < -0.3 is 9.64 Å². The highest BCUT2D eigenvalue weighted by Crippen LogP contribution is 1.96. The molecule has 0 aromatic carbocycles. The topological polar surface area (TPSA) is 12.5 Å². The van der Waals surface area contributed by atoms with Gasteiger partial charge in [-0.05, 0) is 19.4 Å². The molecule has 0 saturated carbocycles. The van der Waals surface area contributed by atoms with Gasteiger partial charge in [-0.15, -0.1) is 0 Å². The fourth-order valence-electron chi connectivity index (χ4n) is 1.49. The van der Waals surface area contributed by atoms with E-state index in [2.05, 4.69) is 32.7 Å². The Balaban J connectivity index is 3.10. The maximum Gasteiger partial charge on any atom is 0.0593 e. The maximum atomic E-state index is 5.55. The Bertz CT molecular complexity index is 115. The predicted molar refractivity (Wildman–Crippen MR) is 62.7 cm³/mol. The maximum absolute atomic E-state index is 5.55. The quantitative estimate of drug-likeness (QED) is 0.532. The van der Waals surface area contributed by atoms with Gasteiger partial charge in [0.1, 0.15) is 0 Å². The molecule has 0 spiro atoms. The van der Waals surface area contributed by atoms with Gasteiger partial charge in [-0.2, -0.15) is 0 Å². The Hall–Kier alpha value is -0.0800. The average molecular weight is 201 g/mol. The number of unbranched alkanes of at least 4 members (excludes halogenated alkanes) is 2. The lowest BCUT2D eigenvalue weighted by Crippen LogP contribution is -2.27. The summed E-state index contributed by atoms with van der Waals surface area (Å²) in [5.41, 5.74) is 0. The van der Waals surface area contributed by atoms with E-state index in [4.69, 9.17) is 4.74 Å². The second-order valence-corrected chi connectivity index (χ2v) is 4.48. The fourth-order valence-corrected chi connectivity index (χ4v) is 1.49. The molecule has 14 heavy (non-hydrogen) atoms. The monoisotopic (exact) mass is 201 g/mol. The van der Waals surface area contributed by atoms with Crippen molar-refractivity contribution in [1.82, 2.24) is 4.90 Å². The summed E-state index contributed by atoms with van der Waals surface area (Å²) >= 11 is 0. The zero-order valence-electron chi connectivity index (χ0n) is 10.4. The molecule has 86 valence electrons. The van der Waals surface area contributed by atoms with Crippen molar-refractivity contribution in [3.63, 3.8) is 0 Å². The lowest BCUT2D eigenvalue weighted by atomic mass is 10.2. The average Bonchev–Trinajstić information content (AvgIpc) is 2.10. The third-order valence-corrected chi connectivity index (χ3v) is 2.19. The summed E-state index contributed by atoms with van der Waals surface area (Å²) in [5.74, 6) is 0.750. The molecule has 0 aliphatic carbocycles. The molecule has 0 bridgehead atoms. The molecule has 0 saturated heterocycles. The third kappa shape index (κ3) is 10.0. The van der Waals surface area contributed by atoms with Crippen molar-refractivity contribution in [1.29, 1.82) is 0 Å². The molecule has 0 radical (unpaired) electrons. The van der Waals surface area contributed by atoms with E-state index in [0.29, 0.717) is 0 Å². The molecule has 0 aromatic heterocycles. The Morgan fingerprint density at radius 3 is 2.43 bits per heavy atom. The molecular weight excluding hydrogens is 174 g/mol. The molecular formula is C12H27NO. The third-order valence-electron chi connectivity index (χ3n) is 2.19. The lowest BCUT2D eigenvalue weighted by Gasteiger charge is -2.18. The molecule has 2 nitrogen and oxygen atoms in total. The molecule has 0 unspecified atom stereocenters. The SMILES string of the molecule is CCCCCOCCN(C)CC(C)C. The van der Waals surface area contributed by atoms with Gasteiger partial charge in [0.25, 0.3) is 0 Å². The molecule has 0 atom stereocenters. The van der Waals surface area contributed by atoms with Gasteiger partial charge in [-0.1, -0.05) is 33.6 Å². The van der Waals surface area contributed by atoms with Crippen molar-refractivity contribution in [3.05, 3.63) is 0 Å². The molecule has 0 fully saturated rings. The van der Waals surface area contributed by atoms with Crippen LogP contribution in [0.1, 0.15) is 40.0 Å². The fraction of sp³-hybridized carbons (Fsp3) is 1.00. The van der Waals surface area contributed by atoms with Crippen molar-refractivity contribution >= 4 is 0 Å². The Morgan fingerprint density at radius 1 is 1.14 bits per heavy atom. The highest BCUT2D eigenvalue weighted by atomic mass is 16.5. The molecule has 0 rings (SSSR count). The first-order valence-corrected chi connectivity index (χ1v) is 5.93. The van der Waals surface area contributed by atoms with Crippen molar-refractivity contribution in [2.45, 2.75) is 40.0 Å². The number of ether oxygens (including phenoxy) is 1. The van der Waals surface area contributed by atoms with Crippen LogP contribution in [0.5, 0.6) is 0 Å². The van der Waals surface area contributed by atoms with Crippen LogP contribution in [-0.2, 0) is 4.74 Å². The van der Waals surface area contributed by atoms with Crippen LogP contribution in [0, 0.1) is 5.92 Å². The van der Waals surface area contributed by atoms with E-state index in [0.717, 1.165) is 25.7 Å². The molecule has 0 aliphatic heterocycles. The molecule has 0 N–H and O–H groups in total. The number of hydrogen-bond acceptors (Lipinski definition) is 2. The van der Waals surface area contributed by atoms with Crippen molar-refractivity contribution < 1.29 is 4.74 Å². The predicted octanol–water partition coefficient (Wildman–Crippen LogP) is 2.78. The van der Waals surface area contributed by atoms with E-state index in [1.54, 1.807) is 0 Å². The number of hydrogen-bond donors (Lipinski definition) is 0. The van der Waals surface area contributed by atoms with E-state index in [1.807, 2.05) is 0 Å². The minimum Gasteiger partial charge on any atom is -0.380 e. The summed E-state index contributed by atoms with van der Waals surface area (Å²) in [6.45, 7) is 10.8. The van der Waals surface area contributed by atoms with Crippen LogP contribution in [0.2, 0.25) is 0 Å². The van der Waals surface area contributed by atoms with Crippen molar-refractivity contribution in [2.75, 3.05) is 33.4 Å². The summed E-state index contributed by atoms with van der Waals surface area (Å²) in [7, 11) is 2.16. The highest BCUT2D eigenvalue weighted by molar-refractivity contribution is 4.53. The minimum atomic E-state index is 0.750. The van der Waals surface area contributed by atoms with Crippen LogP contribution < -0.4 is 0 Å². The lowest BCUT2D eigenvalue weighted by molar-refractivity contribution is 0.105. The van der Waals surface area contributed by atoms with E-state index in [-0.39, 0.29) is 0 Å². The molecule has 0 aromatic rings. The summed E-state index contributed by atoms with van der Waals surface area (Å²) in [6, 6.07) is 0. The molecule has 0 amide bonds. The van der Waals surface area contributed by atoms with Gasteiger partial charge in [0.15, 0.2) is 0 Å². The molecule has 2 heteroatoms. The first-order chi connectivity index (χ1) is 6.66. The number of likely N-dealkylation sites (N-methyl/N-ethyl adjacent to an activating group) is 1. The van der Waals surface area contributed by atoms with Crippen molar-refractivity contribution in [3.8, 4) is 0 Å². The first-order valence-electron chi connectivity index (χ1n) is 5.93. The second kappa shape index (κ2) is 9.47. The second-order valence-electron chi connectivity index (χ2n) is 4.48. The van der Waals surface area contributed by atoms with E-state index < -0.39 is 0 Å². The minimum absolute atomic E-state index is 0.750. The van der Waals surface area contributed by atoms with Crippen LogP contribution in [0.3, 0.4) is 0 Å². The number of rotatable bonds is 9. The largest absolute Gasteiger partial charge is 0.380 e.